The molecule has 3 aromatic heterocycles. The molecule has 1 amide bonds. The number of aromatic nitrogens is 4. The van der Waals surface area contributed by atoms with Gasteiger partial charge in [-0.1, -0.05) is 54.6 Å². The van der Waals surface area contributed by atoms with Gasteiger partial charge in [0.25, 0.3) is 5.91 Å². The molecule has 168 valence electrons. The van der Waals surface area contributed by atoms with Crippen LogP contribution in [0.3, 0.4) is 0 Å². The third-order valence-electron chi connectivity index (χ3n) is 5.81. The summed E-state index contributed by atoms with van der Waals surface area (Å²) in [7, 11) is 0. The van der Waals surface area contributed by atoms with Crippen molar-refractivity contribution in [1.29, 1.82) is 0 Å². The molecule has 5 aromatic rings. The molecule has 0 unspecified atom stereocenters. The lowest BCUT2D eigenvalue weighted by Crippen LogP contribution is -2.47. The molecule has 5 N–H and O–H groups in total. The molecule has 0 aliphatic rings. The zero-order valence-electron chi connectivity index (χ0n) is 18.7. The molecular formula is C27H25N6O+. The van der Waals surface area contributed by atoms with Crippen LogP contribution in [0.1, 0.15) is 21.6 Å². The van der Waals surface area contributed by atoms with Crippen molar-refractivity contribution in [1.82, 2.24) is 25.5 Å². The normalized spacial score (nSPS) is 11.0. The van der Waals surface area contributed by atoms with Gasteiger partial charge < -0.3 is 11.1 Å². The van der Waals surface area contributed by atoms with Crippen LogP contribution in [0.2, 0.25) is 0 Å². The van der Waals surface area contributed by atoms with E-state index in [0.29, 0.717) is 18.7 Å². The summed E-state index contributed by atoms with van der Waals surface area (Å²) in [6, 6.07) is 22.3. The highest BCUT2D eigenvalue weighted by molar-refractivity contribution is 6.06. The molecule has 0 saturated heterocycles. The summed E-state index contributed by atoms with van der Waals surface area (Å²) in [6.07, 6.45) is 5.90. The molecule has 2 aromatic carbocycles. The van der Waals surface area contributed by atoms with Crippen LogP contribution in [0.25, 0.3) is 33.3 Å². The number of carbonyl (C=O) groups is 1. The number of quaternary nitrogens is 1. The first-order chi connectivity index (χ1) is 16.7. The molecule has 0 aliphatic carbocycles. The first kappa shape index (κ1) is 21.5. The second-order valence-electron chi connectivity index (χ2n) is 8.04. The fourth-order valence-corrected chi connectivity index (χ4v) is 3.98. The van der Waals surface area contributed by atoms with E-state index < -0.39 is 0 Å². The molecule has 7 nitrogen and oxygen atoms in total. The molecule has 0 atom stereocenters. The molecular weight excluding hydrogens is 424 g/mol. The number of amides is 1. The van der Waals surface area contributed by atoms with Crippen LogP contribution < -0.4 is 11.1 Å². The molecule has 3 heterocycles. The van der Waals surface area contributed by atoms with Crippen LogP contribution >= 0.6 is 0 Å². The van der Waals surface area contributed by atoms with Gasteiger partial charge in [0.15, 0.2) is 0 Å². The van der Waals surface area contributed by atoms with Crippen LogP contribution in [0.15, 0.2) is 85.3 Å². The quantitative estimate of drug-likeness (QED) is 0.354. The minimum atomic E-state index is -0.220. The number of aromatic amines is 1. The summed E-state index contributed by atoms with van der Waals surface area (Å²) in [5.74, 6) is -0.220. The zero-order chi connectivity index (χ0) is 23.3. The molecule has 0 bridgehead atoms. The molecule has 0 spiro atoms. The van der Waals surface area contributed by atoms with Crippen molar-refractivity contribution in [2.75, 3.05) is 6.54 Å². The minimum absolute atomic E-state index is 0.220. The first-order valence-corrected chi connectivity index (χ1v) is 11.2. The summed E-state index contributed by atoms with van der Waals surface area (Å²) < 4.78 is 0. The maximum atomic E-state index is 13.0. The van der Waals surface area contributed by atoms with E-state index in [4.69, 9.17) is 4.98 Å². The highest BCUT2D eigenvalue weighted by atomic mass is 16.1. The van der Waals surface area contributed by atoms with E-state index in [1.807, 2.05) is 36.5 Å². The first-order valence-electron chi connectivity index (χ1n) is 11.2. The average molecular weight is 450 g/mol. The molecule has 0 saturated carbocycles. The molecule has 7 heteroatoms. The number of fused-ring (bicyclic) bond motifs is 1. The van der Waals surface area contributed by atoms with Gasteiger partial charge in [0.2, 0.25) is 0 Å². The Labute approximate surface area is 197 Å². The monoisotopic (exact) mass is 449 g/mol. The lowest BCUT2D eigenvalue weighted by Gasteiger charge is -2.13. The third-order valence-corrected chi connectivity index (χ3v) is 5.81. The molecule has 0 aliphatic heterocycles. The fraction of sp³-hybridized carbons (Fsp3) is 0.111. The van der Waals surface area contributed by atoms with Crippen molar-refractivity contribution in [2.45, 2.75) is 13.0 Å². The number of nitrogens with zero attached hydrogens (tertiary/aromatic N) is 3. The average Bonchev–Trinajstić information content (AvgIpc) is 3.41. The van der Waals surface area contributed by atoms with E-state index in [-0.39, 0.29) is 5.91 Å². The Morgan fingerprint density at radius 3 is 2.53 bits per heavy atom. The largest absolute Gasteiger partial charge is 0.354 e. The summed E-state index contributed by atoms with van der Waals surface area (Å²) in [4.78, 5) is 22.4. The maximum absolute atomic E-state index is 13.0. The second-order valence-corrected chi connectivity index (χ2v) is 8.04. The molecule has 0 radical (unpaired) electrons. The number of hydrogen-bond acceptors (Lipinski definition) is 4. The molecule has 5 rings (SSSR count). The van der Waals surface area contributed by atoms with Gasteiger partial charge in [0, 0.05) is 41.0 Å². The SMILES string of the molecule is [NH3+]Cc1ccc(-c2nc3ccnc(C(=O)NCCc4cn[nH]c4)c3cc2-c2ccccc2)cc1. The summed E-state index contributed by atoms with van der Waals surface area (Å²) >= 11 is 0. The van der Waals surface area contributed by atoms with Gasteiger partial charge in [0.05, 0.1) is 24.0 Å². The van der Waals surface area contributed by atoms with E-state index in [9.17, 15) is 4.79 Å². The Balaban J connectivity index is 1.56. The lowest BCUT2D eigenvalue weighted by molar-refractivity contribution is -0.386. The summed E-state index contributed by atoms with van der Waals surface area (Å²) in [5, 5.41) is 10.4. The van der Waals surface area contributed by atoms with E-state index >= 15 is 0 Å². The zero-order valence-corrected chi connectivity index (χ0v) is 18.7. The van der Waals surface area contributed by atoms with E-state index in [1.165, 1.54) is 5.56 Å². The molecule has 34 heavy (non-hydrogen) atoms. The number of nitrogens with one attached hydrogen (secondary N) is 2. The van der Waals surface area contributed by atoms with Gasteiger partial charge in [-0.2, -0.15) is 5.10 Å². The van der Waals surface area contributed by atoms with Crippen molar-refractivity contribution in [2.24, 2.45) is 0 Å². The Morgan fingerprint density at radius 2 is 1.79 bits per heavy atom. The van der Waals surface area contributed by atoms with Gasteiger partial charge in [-0.3, -0.25) is 14.9 Å². The number of hydrogen-bond donors (Lipinski definition) is 3. The highest BCUT2D eigenvalue weighted by Gasteiger charge is 2.17. The van der Waals surface area contributed by atoms with Crippen molar-refractivity contribution < 1.29 is 10.5 Å². The Bertz CT molecular complexity index is 1410. The fourth-order valence-electron chi connectivity index (χ4n) is 3.98. The second kappa shape index (κ2) is 9.64. The Morgan fingerprint density at radius 1 is 0.971 bits per heavy atom. The van der Waals surface area contributed by atoms with Crippen LogP contribution in [-0.4, -0.2) is 32.6 Å². The van der Waals surface area contributed by atoms with Crippen molar-refractivity contribution in [3.05, 3.63) is 102 Å². The summed E-state index contributed by atoms with van der Waals surface area (Å²) in [6.45, 7) is 1.23. The van der Waals surface area contributed by atoms with Gasteiger partial charge in [-0.25, -0.2) is 4.98 Å². The van der Waals surface area contributed by atoms with E-state index in [2.05, 4.69) is 62.6 Å². The van der Waals surface area contributed by atoms with Crippen LogP contribution in [0.5, 0.6) is 0 Å². The van der Waals surface area contributed by atoms with Crippen LogP contribution in [-0.2, 0) is 13.0 Å². The maximum Gasteiger partial charge on any atom is 0.270 e. The number of pyridine rings is 2. The lowest BCUT2D eigenvalue weighted by atomic mass is 9.96. The number of benzene rings is 2. The van der Waals surface area contributed by atoms with Crippen LogP contribution in [0.4, 0.5) is 0 Å². The van der Waals surface area contributed by atoms with Gasteiger partial charge >= 0.3 is 0 Å². The summed E-state index contributed by atoms with van der Waals surface area (Å²) in [5.41, 5.74) is 11.1. The Kier molecular flexibility index (Phi) is 6.09. The van der Waals surface area contributed by atoms with E-state index in [0.717, 1.165) is 45.4 Å². The number of H-pyrrole nitrogens is 1. The highest BCUT2D eigenvalue weighted by Crippen LogP contribution is 2.34. The van der Waals surface area contributed by atoms with Crippen molar-refractivity contribution >= 4 is 16.8 Å². The predicted molar refractivity (Wildman–Crippen MR) is 132 cm³/mol. The molecule has 0 fully saturated rings. The Hall–Kier alpha value is -4.36. The standard InChI is InChI=1S/C27H24N6O/c28-15-18-6-8-21(9-7-18)25-22(20-4-2-1-3-5-20)14-23-24(33-25)11-13-29-26(23)27(34)30-12-10-19-16-31-32-17-19/h1-9,11,13-14,16-17H,10,12,15,28H2,(H,30,34)(H,31,32)/p+1. The third kappa shape index (κ3) is 4.42. The predicted octanol–water partition coefficient (Wildman–Crippen LogP) is 3.40. The van der Waals surface area contributed by atoms with Crippen LogP contribution in [0, 0.1) is 0 Å². The topological polar surface area (TPSA) is 111 Å². The van der Waals surface area contributed by atoms with Gasteiger partial charge in [-0.05, 0) is 29.7 Å². The minimum Gasteiger partial charge on any atom is -0.354 e. The van der Waals surface area contributed by atoms with Crippen molar-refractivity contribution in [3.8, 4) is 22.4 Å². The number of carbonyl (C=O) groups excluding carboxylic acids is 1. The van der Waals surface area contributed by atoms with E-state index in [1.54, 1.807) is 12.4 Å². The van der Waals surface area contributed by atoms with Gasteiger partial charge in [0.1, 0.15) is 5.69 Å². The smallest absolute Gasteiger partial charge is 0.270 e. The van der Waals surface area contributed by atoms with Crippen molar-refractivity contribution in [3.63, 3.8) is 0 Å². The van der Waals surface area contributed by atoms with Gasteiger partial charge in [-0.15, -0.1) is 0 Å². The number of rotatable bonds is 7.